The normalized spacial score (nSPS) is 30.8. The lowest BCUT2D eigenvalue weighted by atomic mass is 9.85. The third-order valence-electron chi connectivity index (χ3n) is 2.43. The minimum absolute atomic E-state index is 0.0147. The zero-order valence-electron chi connectivity index (χ0n) is 7.50. The summed E-state index contributed by atoms with van der Waals surface area (Å²) >= 11 is 1.50. The molecular formula is C9H14O2S. The molecule has 0 aromatic rings. The molecule has 0 saturated heterocycles. The Balaban J connectivity index is 2.61. The number of thioether (sulfide) groups is 1. The highest BCUT2D eigenvalue weighted by Gasteiger charge is 2.32. The molecule has 0 heterocycles. The second-order valence-electron chi connectivity index (χ2n) is 3.17. The van der Waals surface area contributed by atoms with E-state index in [9.17, 15) is 9.59 Å². The Hall–Kier alpha value is -0.310. The number of carbonyl (C=O) groups is 2. The third-order valence-corrected chi connectivity index (χ3v) is 3.42. The first-order valence-corrected chi connectivity index (χ1v) is 5.56. The maximum Gasteiger partial charge on any atom is 0.146 e. The lowest BCUT2D eigenvalue weighted by Gasteiger charge is -2.23. The molecule has 0 radical (unpaired) electrons. The van der Waals surface area contributed by atoms with Crippen molar-refractivity contribution in [3.8, 4) is 0 Å². The summed E-state index contributed by atoms with van der Waals surface area (Å²) in [5.74, 6) is 0.548. The lowest BCUT2D eigenvalue weighted by Crippen LogP contribution is -2.33. The topological polar surface area (TPSA) is 34.1 Å². The van der Waals surface area contributed by atoms with Crippen molar-refractivity contribution in [2.45, 2.75) is 31.4 Å². The fraction of sp³-hybridized carbons (Fsp3) is 0.778. The van der Waals surface area contributed by atoms with E-state index in [1.807, 2.05) is 13.2 Å². The summed E-state index contributed by atoms with van der Waals surface area (Å²) in [7, 11) is 0. The summed E-state index contributed by atoms with van der Waals surface area (Å²) in [6.07, 6.45) is 3.63. The minimum atomic E-state index is -0.0553. The van der Waals surface area contributed by atoms with E-state index >= 15 is 0 Å². The molecule has 1 fully saturated rings. The maximum absolute atomic E-state index is 11.4. The monoisotopic (exact) mass is 186 g/mol. The van der Waals surface area contributed by atoms with Crippen LogP contribution in [-0.4, -0.2) is 23.1 Å². The standard InChI is InChI=1S/C9H14O2S/c1-3-6-4-8(11)9(12-2)5-7(6)10/h6,9H,3-5H2,1-2H3. The van der Waals surface area contributed by atoms with Crippen LogP contribution in [0.1, 0.15) is 26.2 Å². The van der Waals surface area contributed by atoms with E-state index in [1.165, 1.54) is 11.8 Å². The van der Waals surface area contributed by atoms with Gasteiger partial charge in [-0.15, -0.1) is 0 Å². The van der Waals surface area contributed by atoms with Crippen LogP contribution >= 0.6 is 11.8 Å². The molecule has 1 saturated carbocycles. The summed E-state index contributed by atoms with van der Waals surface area (Å²) in [5, 5.41) is -0.0553. The molecule has 0 spiro atoms. The van der Waals surface area contributed by atoms with Crippen molar-refractivity contribution in [3.05, 3.63) is 0 Å². The van der Waals surface area contributed by atoms with Crippen LogP contribution < -0.4 is 0 Å². The molecule has 0 bridgehead atoms. The van der Waals surface area contributed by atoms with Crippen molar-refractivity contribution in [3.63, 3.8) is 0 Å². The van der Waals surface area contributed by atoms with Crippen LogP contribution in [0.2, 0.25) is 0 Å². The molecule has 0 aliphatic heterocycles. The molecule has 68 valence electrons. The van der Waals surface area contributed by atoms with Crippen molar-refractivity contribution >= 4 is 23.3 Å². The predicted molar refractivity (Wildman–Crippen MR) is 50.3 cm³/mol. The second kappa shape index (κ2) is 4.08. The van der Waals surface area contributed by atoms with Gasteiger partial charge in [0.1, 0.15) is 11.6 Å². The highest BCUT2D eigenvalue weighted by Crippen LogP contribution is 2.27. The van der Waals surface area contributed by atoms with Crippen LogP contribution in [0, 0.1) is 5.92 Å². The van der Waals surface area contributed by atoms with Gasteiger partial charge in [-0.25, -0.2) is 0 Å². The molecule has 12 heavy (non-hydrogen) atoms. The van der Waals surface area contributed by atoms with Crippen LogP contribution in [0.5, 0.6) is 0 Å². The van der Waals surface area contributed by atoms with Gasteiger partial charge in [0.25, 0.3) is 0 Å². The molecule has 0 aromatic carbocycles. The Bertz CT molecular complexity index is 179. The van der Waals surface area contributed by atoms with Gasteiger partial charge in [0, 0.05) is 18.8 Å². The van der Waals surface area contributed by atoms with Crippen molar-refractivity contribution in [2.75, 3.05) is 6.26 Å². The fourth-order valence-electron chi connectivity index (χ4n) is 1.54. The number of rotatable bonds is 2. The molecule has 2 unspecified atom stereocenters. The van der Waals surface area contributed by atoms with Gasteiger partial charge in [0.05, 0.1) is 5.25 Å². The number of hydrogen-bond acceptors (Lipinski definition) is 3. The van der Waals surface area contributed by atoms with E-state index in [2.05, 4.69) is 0 Å². The molecule has 0 N–H and O–H groups in total. The molecule has 3 heteroatoms. The van der Waals surface area contributed by atoms with Gasteiger partial charge in [-0.1, -0.05) is 6.92 Å². The summed E-state index contributed by atoms with van der Waals surface area (Å²) < 4.78 is 0. The molecule has 0 aromatic heterocycles. The van der Waals surface area contributed by atoms with Crippen LogP contribution in [-0.2, 0) is 9.59 Å². The lowest BCUT2D eigenvalue weighted by molar-refractivity contribution is -0.132. The molecule has 2 nitrogen and oxygen atoms in total. The Morgan fingerprint density at radius 3 is 2.50 bits per heavy atom. The van der Waals surface area contributed by atoms with E-state index in [4.69, 9.17) is 0 Å². The molecule has 1 aliphatic carbocycles. The van der Waals surface area contributed by atoms with Gasteiger partial charge >= 0.3 is 0 Å². The smallest absolute Gasteiger partial charge is 0.146 e. The van der Waals surface area contributed by atoms with Gasteiger partial charge in [-0.05, 0) is 12.7 Å². The number of hydrogen-bond donors (Lipinski definition) is 0. The Morgan fingerprint density at radius 2 is 2.00 bits per heavy atom. The Morgan fingerprint density at radius 1 is 1.33 bits per heavy atom. The van der Waals surface area contributed by atoms with E-state index < -0.39 is 0 Å². The third kappa shape index (κ3) is 1.89. The van der Waals surface area contributed by atoms with Crippen molar-refractivity contribution in [2.24, 2.45) is 5.92 Å². The van der Waals surface area contributed by atoms with Crippen molar-refractivity contribution in [1.29, 1.82) is 0 Å². The van der Waals surface area contributed by atoms with Crippen molar-refractivity contribution < 1.29 is 9.59 Å². The Kier molecular flexibility index (Phi) is 3.32. The zero-order chi connectivity index (χ0) is 9.14. The first-order chi connectivity index (χ1) is 5.69. The largest absolute Gasteiger partial charge is 0.299 e. The second-order valence-corrected chi connectivity index (χ2v) is 4.21. The van der Waals surface area contributed by atoms with Crippen LogP contribution in [0.15, 0.2) is 0 Å². The van der Waals surface area contributed by atoms with Gasteiger partial charge < -0.3 is 0 Å². The van der Waals surface area contributed by atoms with Crippen LogP contribution in [0.4, 0.5) is 0 Å². The summed E-state index contributed by atoms with van der Waals surface area (Å²) in [6.45, 7) is 1.97. The minimum Gasteiger partial charge on any atom is -0.299 e. The fourth-order valence-corrected chi connectivity index (χ4v) is 2.23. The SMILES string of the molecule is CCC1CC(=O)C(SC)CC1=O. The van der Waals surface area contributed by atoms with Gasteiger partial charge in [-0.2, -0.15) is 11.8 Å². The summed E-state index contributed by atoms with van der Waals surface area (Å²) in [5.41, 5.74) is 0. The summed E-state index contributed by atoms with van der Waals surface area (Å²) in [6, 6.07) is 0. The molecule has 1 aliphatic rings. The van der Waals surface area contributed by atoms with E-state index in [1.54, 1.807) is 0 Å². The maximum atomic E-state index is 11.4. The van der Waals surface area contributed by atoms with Crippen molar-refractivity contribution in [1.82, 2.24) is 0 Å². The van der Waals surface area contributed by atoms with Gasteiger partial charge in [0.2, 0.25) is 0 Å². The van der Waals surface area contributed by atoms with Gasteiger partial charge in [0.15, 0.2) is 0 Å². The predicted octanol–water partition coefficient (Wildman–Crippen LogP) is 1.68. The number of Topliss-reactive ketones (excluding diaryl/α,β-unsaturated/α-hetero) is 2. The molecule has 0 amide bonds. The first-order valence-electron chi connectivity index (χ1n) is 4.27. The number of carbonyl (C=O) groups excluding carboxylic acids is 2. The average molecular weight is 186 g/mol. The van der Waals surface area contributed by atoms with E-state index in [0.717, 1.165) is 6.42 Å². The number of ketones is 2. The molecule has 2 atom stereocenters. The van der Waals surface area contributed by atoms with Crippen LogP contribution in [0.25, 0.3) is 0 Å². The highest BCUT2D eigenvalue weighted by atomic mass is 32.2. The summed E-state index contributed by atoms with van der Waals surface area (Å²) in [4.78, 5) is 22.7. The zero-order valence-corrected chi connectivity index (χ0v) is 8.32. The Labute approximate surface area is 77.1 Å². The first kappa shape index (κ1) is 9.78. The molecular weight excluding hydrogens is 172 g/mol. The van der Waals surface area contributed by atoms with E-state index in [0.29, 0.717) is 12.8 Å². The van der Waals surface area contributed by atoms with E-state index in [-0.39, 0.29) is 22.7 Å². The quantitative estimate of drug-likeness (QED) is 0.658. The highest BCUT2D eigenvalue weighted by molar-refractivity contribution is 7.99. The van der Waals surface area contributed by atoms with Gasteiger partial charge in [-0.3, -0.25) is 9.59 Å². The molecule has 1 rings (SSSR count). The van der Waals surface area contributed by atoms with Crippen LogP contribution in [0.3, 0.4) is 0 Å². The average Bonchev–Trinajstić information content (AvgIpc) is 2.08.